The number of fused-ring (bicyclic) bond motifs is 1. The van der Waals surface area contributed by atoms with Gasteiger partial charge in [0, 0.05) is 6.42 Å². The molecule has 2 aliphatic rings. The topological polar surface area (TPSA) is 113 Å². The van der Waals surface area contributed by atoms with E-state index in [1.807, 2.05) is 0 Å². The molecule has 3 rings (SSSR count). The number of β-lactam (4-membered cyclic amide) rings is 1. The Labute approximate surface area is 136 Å². The van der Waals surface area contributed by atoms with Crippen molar-refractivity contribution in [3.8, 4) is 0 Å². The first-order chi connectivity index (χ1) is 10.9. The number of nitrogens with zero attached hydrogens (tertiary/aromatic N) is 1. The number of halogens is 1. The number of rotatable bonds is 4. The van der Waals surface area contributed by atoms with Crippen LogP contribution in [-0.4, -0.2) is 39.9 Å². The first kappa shape index (κ1) is 15.5. The highest BCUT2D eigenvalue weighted by Gasteiger charge is 2.55. The van der Waals surface area contributed by atoms with E-state index in [0.717, 1.165) is 4.90 Å². The lowest BCUT2D eigenvalue weighted by molar-refractivity contribution is -0.153. The average Bonchev–Trinajstić information content (AvgIpc) is 2.86. The van der Waals surface area contributed by atoms with Crippen LogP contribution in [0.2, 0.25) is 0 Å². The molecule has 1 saturated heterocycles. The minimum atomic E-state index is -1.25. The van der Waals surface area contributed by atoms with Crippen molar-refractivity contribution in [1.82, 2.24) is 10.2 Å². The number of carbonyl (C=O) groups is 3. The number of amides is 2. The highest BCUT2D eigenvalue weighted by molar-refractivity contribution is 6.32. The number of nitrogens with one attached hydrogen (secondary N) is 1. The maximum absolute atomic E-state index is 12.2. The Morgan fingerprint density at radius 2 is 2.00 bits per heavy atom. The molecule has 3 atom stereocenters. The van der Waals surface area contributed by atoms with Gasteiger partial charge in [0.1, 0.15) is 17.8 Å². The lowest BCUT2D eigenvalue weighted by atomic mass is 9.94. The maximum atomic E-state index is 12.2. The number of carboxylic acids is 1. The van der Waals surface area contributed by atoms with Crippen molar-refractivity contribution in [1.29, 1.82) is 0 Å². The van der Waals surface area contributed by atoms with Crippen molar-refractivity contribution in [3.63, 3.8) is 0 Å². The summed E-state index contributed by atoms with van der Waals surface area (Å²) in [6.07, 6.45) is 0.209. The minimum absolute atomic E-state index is 0.111. The summed E-state index contributed by atoms with van der Waals surface area (Å²) < 4.78 is 0. The Morgan fingerprint density at radius 1 is 1.35 bits per heavy atom. The largest absolute Gasteiger partial charge is 0.477 e. The van der Waals surface area contributed by atoms with Crippen LogP contribution < -0.4 is 11.1 Å². The molecule has 3 unspecified atom stereocenters. The smallest absolute Gasteiger partial charge is 0.353 e. The van der Waals surface area contributed by atoms with Crippen molar-refractivity contribution in [2.75, 3.05) is 0 Å². The van der Waals surface area contributed by atoms with Gasteiger partial charge in [-0.2, -0.15) is 0 Å². The van der Waals surface area contributed by atoms with Gasteiger partial charge >= 0.3 is 5.97 Å². The van der Waals surface area contributed by atoms with Crippen molar-refractivity contribution in [3.05, 3.63) is 46.6 Å². The number of hydrogen-bond donors (Lipinski definition) is 3. The van der Waals surface area contributed by atoms with E-state index in [0.29, 0.717) is 5.56 Å². The van der Waals surface area contributed by atoms with Gasteiger partial charge in [-0.3, -0.25) is 14.5 Å². The molecule has 0 aromatic heterocycles. The summed E-state index contributed by atoms with van der Waals surface area (Å²) in [5.74, 6) is -2.23. The van der Waals surface area contributed by atoms with E-state index >= 15 is 0 Å². The van der Waals surface area contributed by atoms with Gasteiger partial charge in [-0.05, 0) is 5.56 Å². The van der Waals surface area contributed by atoms with Gasteiger partial charge in [-0.25, -0.2) is 4.79 Å². The molecule has 120 valence electrons. The number of hydrogen-bond acceptors (Lipinski definition) is 4. The molecule has 0 radical (unpaired) electrons. The lowest BCUT2D eigenvalue weighted by Gasteiger charge is -2.43. The molecule has 23 heavy (non-hydrogen) atoms. The molecular weight excluding hydrogens is 322 g/mol. The summed E-state index contributed by atoms with van der Waals surface area (Å²) in [6.45, 7) is 0. The second-order valence-electron chi connectivity index (χ2n) is 5.41. The predicted molar refractivity (Wildman–Crippen MR) is 81.1 cm³/mol. The number of aliphatic carboxylic acids is 1. The zero-order valence-corrected chi connectivity index (χ0v) is 12.7. The lowest BCUT2D eigenvalue weighted by Crippen LogP contribution is -2.69. The first-order valence-corrected chi connectivity index (χ1v) is 7.35. The van der Waals surface area contributed by atoms with Crippen LogP contribution >= 0.6 is 11.6 Å². The Bertz CT molecular complexity index is 719. The van der Waals surface area contributed by atoms with E-state index < -0.39 is 35.9 Å². The van der Waals surface area contributed by atoms with Crippen LogP contribution in [0.15, 0.2) is 41.1 Å². The van der Waals surface area contributed by atoms with Crippen molar-refractivity contribution < 1.29 is 19.5 Å². The maximum Gasteiger partial charge on any atom is 0.353 e. The fourth-order valence-corrected chi connectivity index (χ4v) is 3.20. The molecule has 2 heterocycles. The van der Waals surface area contributed by atoms with Crippen LogP contribution in [0, 0.1) is 0 Å². The molecule has 8 heteroatoms. The third kappa shape index (κ3) is 2.47. The van der Waals surface area contributed by atoms with Crippen LogP contribution in [0.5, 0.6) is 0 Å². The number of benzene rings is 1. The van der Waals surface area contributed by atoms with E-state index in [4.69, 9.17) is 22.4 Å². The van der Waals surface area contributed by atoms with Crippen molar-refractivity contribution in [2.45, 2.75) is 24.5 Å². The van der Waals surface area contributed by atoms with Crippen molar-refractivity contribution >= 4 is 29.4 Å². The van der Waals surface area contributed by atoms with E-state index in [9.17, 15) is 14.4 Å². The predicted octanol–water partition coefficient (Wildman–Crippen LogP) is 0.321. The Morgan fingerprint density at radius 3 is 2.61 bits per heavy atom. The highest BCUT2D eigenvalue weighted by atomic mass is 35.5. The zero-order chi connectivity index (χ0) is 16.7. The Hall–Kier alpha value is -2.38. The molecule has 0 aliphatic carbocycles. The number of nitrogens with two attached hydrogens (primary N) is 1. The van der Waals surface area contributed by atoms with E-state index in [2.05, 4.69) is 5.32 Å². The zero-order valence-electron chi connectivity index (χ0n) is 11.9. The monoisotopic (exact) mass is 335 g/mol. The summed E-state index contributed by atoms with van der Waals surface area (Å²) in [5, 5.41) is 11.8. The van der Waals surface area contributed by atoms with Gasteiger partial charge in [0.15, 0.2) is 0 Å². The van der Waals surface area contributed by atoms with Crippen LogP contribution in [0.1, 0.15) is 18.0 Å². The molecule has 2 amide bonds. The highest BCUT2D eigenvalue weighted by Crippen LogP contribution is 2.40. The minimum Gasteiger partial charge on any atom is -0.477 e. The Balaban J connectivity index is 1.69. The summed E-state index contributed by atoms with van der Waals surface area (Å²) in [4.78, 5) is 36.6. The van der Waals surface area contributed by atoms with Crippen LogP contribution in [-0.2, 0) is 14.4 Å². The number of carboxylic acid groups (broad SMARTS) is 1. The Kier molecular flexibility index (Phi) is 3.83. The summed E-state index contributed by atoms with van der Waals surface area (Å²) in [5.41, 5.74) is 6.30. The molecule has 1 aromatic rings. The molecule has 7 nitrogen and oxygen atoms in total. The summed E-state index contributed by atoms with van der Waals surface area (Å²) in [6, 6.07) is 6.60. The molecule has 0 bridgehead atoms. The second-order valence-corrected chi connectivity index (χ2v) is 5.87. The second kappa shape index (κ2) is 5.68. The molecule has 1 aromatic carbocycles. The van der Waals surface area contributed by atoms with E-state index in [1.54, 1.807) is 30.3 Å². The summed E-state index contributed by atoms with van der Waals surface area (Å²) >= 11 is 5.90. The standard InChI is InChI=1S/C15H14ClN3O4/c16-8-6-9-11(14(21)19(9)12(8)15(22)23)18-13(20)10(17)7-4-2-1-3-5-7/h1-5,9-11H,6,17H2,(H,18,20)(H,22,23). The molecule has 4 N–H and O–H groups in total. The van der Waals surface area contributed by atoms with Crippen LogP contribution in [0.3, 0.4) is 0 Å². The normalized spacial score (nSPS) is 24.1. The van der Waals surface area contributed by atoms with Gasteiger partial charge in [0.25, 0.3) is 5.91 Å². The van der Waals surface area contributed by atoms with Crippen LogP contribution in [0.25, 0.3) is 0 Å². The molecule has 1 fully saturated rings. The summed E-state index contributed by atoms with van der Waals surface area (Å²) in [7, 11) is 0. The molecule has 0 spiro atoms. The fraction of sp³-hybridized carbons (Fsp3) is 0.267. The average molecular weight is 336 g/mol. The van der Waals surface area contributed by atoms with Gasteiger partial charge in [0.2, 0.25) is 5.91 Å². The quantitative estimate of drug-likeness (QED) is 0.686. The third-order valence-electron chi connectivity index (χ3n) is 4.05. The van der Waals surface area contributed by atoms with Crippen LogP contribution in [0.4, 0.5) is 0 Å². The fourth-order valence-electron chi connectivity index (χ4n) is 2.87. The van der Waals surface area contributed by atoms with Crippen molar-refractivity contribution in [2.24, 2.45) is 5.73 Å². The van der Waals surface area contributed by atoms with E-state index in [1.165, 1.54) is 0 Å². The third-order valence-corrected chi connectivity index (χ3v) is 4.38. The van der Waals surface area contributed by atoms with Gasteiger partial charge in [-0.1, -0.05) is 41.9 Å². The van der Waals surface area contributed by atoms with E-state index in [-0.39, 0.29) is 17.2 Å². The molecular formula is C15H14ClN3O4. The first-order valence-electron chi connectivity index (χ1n) is 6.97. The molecule has 2 aliphatic heterocycles. The SMILES string of the molecule is NC(C(=O)NC1C(=O)N2C(C(=O)O)=C(Cl)CC12)c1ccccc1. The molecule has 0 saturated carbocycles. The van der Waals surface area contributed by atoms with Gasteiger partial charge < -0.3 is 16.2 Å². The van der Waals surface area contributed by atoms with Gasteiger partial charge in [0.05, 0.1) is 11.1 Å². The number of carbonyl (C=O) groups excluding carboxylic acids is 2. The van der Waals surface area contributed by atoms with Gasteiger partial charge in [-0.15, -0.1) is 0 Å².